The van der Waals surface area contributed by atoms with Gasteiger partial charge in [0.25, 0.3) is 5.56 Å². The lowest BCUT2D eigenvalue weighted by Gasteiger charge is -2.13. The zero-order valence-electron chi connectivity index (χ0n) is 16.1. The number of amides is 1. The molecule has 3 aromatic rings. The molecule has 29 heavy (non-hydrogen) atoms. The molecule has 0 radical (unpaired) electrons. The molecule has 152 valence electrons. The molecule has 0 aliphatic rings. The van der Waals surface area contributed by atoms with E-state index in [1.54, 1.807) is 49.6 Å². The van der Waals surface area contributed by atoms with Crippen molar-refractivity contribution >= 4 is 22.5 Å². The highest BCUT2D eigenvalue weighted by molar-refractivity contribution is 5.91. The lowest BCUT2D eigenvalue weighted by molar-refractivity contribution is -0.116. The van der Waals surface area contributed by atoms with E-state index in [4.69, 9.17) is 14.2 Å². The molecule has 9 nitrogen and oxygen atoms in total. The van der Waals surface area contributed by atoms with Crippen LogP contribution in [0.5, 0.6) is 11.5 Å². The molecular formula is C20H21N3O6. The maximum atomic E-state index is 12.5. The summed E-state index contributed by atoms with van der Waals surface area (Å²) in [5.41, 5.74) is -0.319. The molecule has 3 rings (SSSR count). The fourth-order valence-corrected chi connectivity index (χ4v) is 2.79. The van der Waals surface area contributed by atoms with Crippen LogP contribution >= 0.6 is 0 Å². The summed E-state index contributed by atoms with van der Waals surface area (Å²) in [4.78, 5) is 39.8. The number of rotatable bonds is 8. The number of anilines is 1. The van der Waals surface area contributed by atoms with Gasteiger partial charge in [0.05, 0.1) is 24.6 Å². The van der Waals surface area contributed by atoms with Crippen molar-refractivity contribution in [2.45, 2.75) is 6.54 Å². The van der Waals surface area contributed by atoms with Gasteiger partial charge in [0.1, 0.15) is 13.2 Å². The first-order valence-electron chi connectivity index (χ1n) is 8.85. The number of carbonyl (C=O) groups excluding carboxylic acids is 1. The first-order valence-corrected chi connectivity index (χ1v) is 8.85. The van der Waals surface area contributed by atoms with Crippen molar-refractivity contribution in [1.29, 1.82) is 0 Å². The second-order valence-corrected chi connectivity index (χ2v) is 6.12. The molecule has 0 bridgehead atoms. The fourth-order valence-electron chi connectivity index (χ4n) is 2.79. The molecule has 0 unspecified atom stereocenters. The van der Waals surface area contributed by atoms with E-state index >= 15 is 0 Å². The molecule has 0 spiro atoms. The van der Waals surface area contributed by atoms with Gasteiger partial charge in [-0.2, -0.15) is 0 Å². The molecule has 0 saturated carbocycles. The van der Waals surface area contributed by atoms with E-state index in [1.807, 2.05) is 0 Å². The Morgan fingerprint density at radius 2 is 1.86 bits per heavy atom. The van der Waals surface area contributed by atoms with Gasteiger partial charge in [-0.05, 0) is 24.3 Å². The second kappa shape index (κ2) is 9.07. The van der Waals surface area contributed by atoms with E-state index in [0.717, 1.165) is 4.57 Å². The van der Waals surface area contributed by atoms with E-state index in [0.29, 0.717) is 41.3 Å². The molecule has 2 N–H and O–H groups in total. The molecule has 0 fully saturated rings. The molecular weight excluding hydrogens is 378 g/mol. The Morgan fingerprint density at radius 1 is 1.07 bits per heavy atom. The summed E-state index contributed by atoms with van der Waals surface area (Å²) >= 11 is 0. The van der Waals surface area contributed by atoms with E-state index in [1.165, 1.54) is 7.11 Å². The molecule has 1 aromatic heterocycles. The monoisotopic (exact) mass is 399 g/mol. The first kappa shape index (κ1) is 20.2. The van der Waals surface area contributed by atoms with Crippen LogP contribution in [0.1, 0.15) is 0 Å². The number of aromatic amines is 1. The van der Waals surface area contributed by atoms with Crippen LogP contribution in [0.4, 0.5) is 5.69 Å². The lowest BCUT2D eigenvalue weighted by atomic mass is 10.2. The van der Waals surface area contributed by atoms with E-state index in [-0.39, 0.29) is 0 Å². The minimum atomic E-state index is -0.651. The number of carbonyl (C=O) groups is 1. The van der Waals surface area contributed by atoms with Crippen molar-refractivity contribution in [3.8, 4) is 11.5 Å². The summed E-state index contributed by atoms with van der Waals surface area (Å²) in [6, 6.07) is 11.5. The first-order chi connectivity index (χ1) is 14.0. The minimum absolute atomic E-state index is 0.312. The summed E-state index contributed by atoms with van der Waals surface area (Å²) in [6.45, 7) is 0.282. The maximum Gasteiger partial charge on any atom is 0.329 e. The van der Waals surface area contributed by atoms with Crippen molar-refractivity contribution in [3.63, 3.8) is 0 Å². The number of benzene rings is 2. The fraction of sp³-hybridized carbons (Fsp3) is 0.250. The number of ether oxygens (including phenoxy) is 3. The molecule has 1 amide bonds. The van der Waals surface area contributed by atoms with Crippen molar-refractivity contribution in [2.24, 2.45) is 0 Å². The Hall–Kier alpha value is -3.59. The van der Waals surface area contributed by atoms with Gasteiger partial charge in [-0.3, -0.25) is 14.2 Å². The van der Waals surface area contributed by atoms with Crippen LogP contribution in [0, 0.1) is 0 Å². The van der Waals surface area contributed by atoms with Gasteiger partial charge in [0, 0.05) is 18.9 Å². The lowest BCUT2D eigenvalue weighted by Crippen LogP contribution is -2.38. The van der Waals surface area contributed by atoms with Crippen molar-refractivity contribution < 1.29 is 19.0 Å². The van der Waals surface area contributed by atoms with Crippen LogP contribution in [-0.4, -0.2) is 42.9 Å². The Kier molecular flexibility index (Phi) is 6.30. The quantitative estimate of drug-likeness (QED) is 0.553. The molecule has 0 saturated heterocycles. The standard InChI is InChI=1S/C20H21N3O6/c1-27-9-10-29-17-11-13(7-8-16(17)28-2)21-18(24)12-23-19(25)14-5-3-4-6-15(14)22-20(23)26/h3-8,11H,9-10,12H2,1-2H3,(H,21,24)(H,22,26). The van der Waals surface area contributed by atoms with Gasteiger partial charge in [-0.25, -0.2) is 4.79 Å². The third kappa shape index (κ3) is 4.64. The number of H-pyrrole nitrogens is 1. The Labute approximate surface area is 165 Å². The highest BCUT2D eigenvalue weighted by Crippen LogP contribution is 2.30. The number of nitrogens with zero attached hydrogens (tertiary/aromatic N) is 1. The molecule has 0 atom stereocenters. The highest BCUT2D eigenvalue weighted by Gasteiger charge is 2.13. The Bertz CT molecular complexity index is 1140. The van der Waals surface area contributed by atoms with E-state index in [2.05, 4.69) is 10.3 Å². The van der Waals surface area contributed by atoms with Gasteiger partial charge < -0.3 is 24.5 Å². The van der Waals surface area contributed by atoms with Crippen LogP contribution in [0.3, 0.4) is 0 Å². The Morgan fingerprint density at radius 3 is 2.62 bits per heavy atom. The van der Waals surface area contributed by atoms with Crippen molar-refractivity contribution in [1.82, 2.24) is 9.55 Å². The highest BCUT2D eigenvalue weighted by atomic mass is 16.5. The maximum absolute atomic E-state index is 12.5. The predicted octanol–water partition coefficient (Wildman–Crippen LogP) is 1.36. The zero-order chi connectivity index (χ0) is 20.8. The van der Waals surface area contributed by atoms with Gasteiger partial charge >= 0.3 is 5.69 Å². The van der Waals surface area contributed by atoms with Gasteiger partial charge in [0.2, 0.25) is 5.91 Å². The minimum Gasteiger partial charge on any atom is -0.493 e. The molecule has 9 heteroatoms. The number of aromatic nitrogens is 2. The summed E-state index contributed by atoms with van der Waals surface area (Å²) in [5.74, 6) is 0.408. The van der Waals surface area contributed by atoms with Crippen molar-refractivity contribution in [3.05, 3.63) is 63.3 Å². The largest absolute Gasteiger partial charge is 0.493 e. The van der Waals surface area contributed by atoms with Crippen LogP contribution < -0.4 is 26.0 Å². The average Bonchev–Trinajstić information content (AvgIpc) is 2.71. The van der Waals surface area contributed by atoms with Gasteiger partial charge in [-0.15, -0.1) is 0 Å². The van der Waals surface area contributed by atoms with Gasteiger partial charge in [0.15, 0.2) is 11.5 Å². The second-order valence-electron chi connectivity index (χ2n) is 6.12. The van der Waals surface area contributed by atoms with Crippen LogP contribution in [0.15, 0.2) is 52.1 Å². The van der Waals surface area contributed by atoms with Crippen molar-refractivity contribution in [2.75, 3.05) is 32.8 Å². The summed E-state index contributed by atoms with van der Waals surface area (Å²) in [5, 5.41) is 2.99. The summed E-state index contributed by atoms with van der Waals surface area (Å²) < 4.78 is 16.6. The number of para-hydroxylation sites is 1. The number of fused-ring (bicyclic) bond motifs is 1. The topological polar surface area (TPSA) is 112 Å². The van der Waals surface area contributed by atoms with Crippen LogP contribution in [0.25, 0.3) is 10.9 Å². The third-order valence-electron chi connectivity index (χ3n) is 4.18. The zero-order valence-corrected chi connectivity index (χ0v) is 16.1. The number of hydrogen-bond acceptors (Lipinski definition) is 6. The van der Waals surface area contributed by atoms with Crippen LogP contribution in [-0.2, 0) is 16.1 Å². The smallest absolute Gasteiger partial charge is 0.329 e. The number of methoxy groups -OCH3 is 2. The predicted molar refractivity (Wildman–Crippen MR) is 108 cm³/mol. The summed E-state index contributed by atoms with van der Waals surface area (Å²) in [7, 11) is 3.07. The summed E-state index contributed by atoms with van der Waals surface area (Å²) in [6.07, 6.45) is 0. The number of hydrogen-bond donors (Lipinski definition) is 2. The average molecular weight is 399 g/mol. The molecule has 0 aliphatic heterocycles. The van der Waals surface area contributed by atoms with E-state index < -0.39 is 23.7 Å². The Balaban J connectivity index is 1.79. The molecule has 0 aliphatic carbocycles. The molecule has 2 aromatic carbocycles. The van der Waals surface area contributed by atoms with Gasteiger partial charge in [-0.1, -0.05) is 12.1 Å². The normalized spacial score (nSPS) is 10.7. The third-order valence-corrected chi connectivity index (χ3v) is 4.18. The van der Waals surface area contributed by atoms with E-state index in [9.17, 15) is 14.4 Å². The number of nitrogens with one attached hydrogen (secondary N) is 2. The SMILES string of the molecule is COCCOc1cc(NC(=O)Cn2c(=O)[nH]c3ccccc3c2=O)ccc1OC. The van der Waals surface area contributed by atoms with Crippen LogP contribution in [0.2, 0.25) is 0 Å². The molecule has 1 heterocycles.